The van der Waals surface area contributed by atoms with E-state index in [4.69, 9.17) is 0 Å². The Hall–Kier alpha value is -1.35. The van der Waals surface area contributed by atoms with E-state index in [1.807, 2.05) is 12.1 Å². The standard InChI is InChI=1S/C18H28N2O/c1-4-17-7-5-6-11-20(17)12-10-18(21)19-16-9-8-14(2)15(3)13-16/h8-9,13,17H,4-7,10-12H2,1-3H3,(H,19,21). The molecular weight excluding hydrogens is 260 g/mol. The van der Waals surface area contributed by atoms with Crippen LogP contribution in [0.1, 0.15) is 50.2 Å². The zero-order valence-electron chi connectivity index (χ0n) is 13.6. The molecule has 1 aromatic carbocycles. The van der Waals surface area contributed by atoms with Gasteiger partial charge in [0.15, 0.2) is 0 Å². The third-order valence-corrected chi connectivity index (χ3v) is 4.64. The third-order valence-electron chi connectivity index (χ3n) is 4.64. The number of likely N-dealkylation sites (tertiary alicyclic amines) is 1. The van der Waals surface area contributed by atoms with Crippen molar-refractivity contribution in [2.75, 3.05) is 18.4 Å². The number of carbonyl (C=O) groups excluding carboxylic acids is 1. The van der Waals surface area contributed by atoms with Gasteiger partial charge in [-0.15, -0.1) is 0 Å². The second-order valence-electron chi connectivity index (χ2n) is 6.19. The Morgan fingerprint density at radius 2 is 2.10 bits per heavy atom. The van der Waals surface area contributed by atoms with E-state index >= 15 is 0 Å². The Morgan fingerprint density at radius 3 is 2.81 bits per heavy atom. The first kappa shape index (κ1) is 16.0. The van der Waals surface area contributed by atoms with Crippen LogP contribution in [-0.4, -0.2) is 29.9 Å². The van der Waals surface area contributed by atoms with Crippen molar-refractivity contribution in [3.05, 3.63) is 29.3 Å². The number of piperidine rings is 1. The van der Waals surface area contributed by atoms with E-state index in [-0.39, 0.29) is 5.91 Å². The van der Waals surface area contributed by atoms with Crippen LogP contribution in [0.15, 0.2) is 18.2 Å². The summed E-state index contributed by atoms with van der Waals surface area (Å²) in [5.74, 6) is 0.124. The first-order chi connectivity index (χ1) is 10.1. The van der Waals surface area contributed by atoms with Gasteiger partial charge in [0, 0.05) is 24.7 Å². The van der Waals surface area contributed by atoms with Gasteiger partial charge in [-0.3, -0.25) is 9.69 Å². The molecule has 1 unspecified atom stereocenters. The molecule has 0 spiro atoms. The number of anilines is 1. The van der Waals surface area contributed by atoms with Crippen LogP contribution in [-0.2, 0) is 4.79 Å². The zero-order chi connectivity index (χ0) is 15.2. The predicted octanol–water partition coefficient (Wildman–Crippen LogP) is 3.90. The smallest absolute Gasteiger partial charge is 0.225 e. The Labute approximate surface area is 128 Å². The first-order valence-electron chi connectivity index (χ1n) is 8.21. The fraction of sp³-hybridized carbons (Fsp3) is 0.611. The molecule has 1 aliphatic rings. The van der Waals surface area contributed by atoms with Crippen LogP contribution in [0.25, 0.3) is 0 Å². The Morgan fingerprint density at radius 1 is 1.29 bits per heavy atom. The molecule has 1 fully saturated rings. The van der Waals surface area contributed by atoms with Gasteiger partial charge in [0.05, 0.1) is 0 Å². The summed E-state index contributed by atoms with van der Waals surface area (Å²) < 4.78 is 0. The van der Waals surface area contributed by atoms with Crippen LogP contribution in [0.3, 0.4) is 0 Å². The maximum absolute atomic E-state index is 12.1. The van der Waals surface area contributed by atoms with Crippen LogP contribution in [0.2, 0.25) is 0 Å². The summed E-state index contributed by atoms with van der Waals surface area (Å²) in [6.45, 7) is 8.44. The molecular formula is C18H28N2O. The summed E-state index contributed by atoms with van der Waals surface area (Å²) in [5.41, 5.74) is 3.38. The third kappa shape index (κ3) is 4.57. The fourth-order valence-electron chi connectivity index (χ4n) is 3.10. The van der Waals surface area contributed by atoms with Crippen molar-refractivity contribution < 1.29 is 4.79 Å². The molecule has 1 saturated heterocycles. The minimum absolute atomic E-state index is 0.124. The van der Waals surface area contributed by atoms with E-state index in [9.17, 15) is 4.79 Å². The summed E-state index contributed by atoms with van der Waals surface area (Å²) in [6.07, 6.45) is 5.68. The number of hydrogen-bond donors (Lipinski definition) is 1. The normalized spacial score (nSPS) is 19.5. The number of carbonyl (C=O) groups is 1. The van der Waals surface area contributed by atoms with Crippen molar-refractivity contribution >= 4 is 11.6 Å². The Kier molecular flexibility index (Phi) is 5.80. The summed E-state index contributed by atoms with van der Waals surface area (Å²) in [5, 5.41) is 3.02. The lowest BCUT2D eigenvalue weighted by Crippen LogP contribution is -2.40. The molecule has 0 saturated carbocycles. The Bertz CT molecular complexity index is 484. The molecule has 3 heteroatoms. The molecule has 3 nitrogen and oxygen atoms in total. The lowest BCUT2D eigenvalue weighted by Gasteiger charge is -2.35. The van der Waals surface area contributed by atoms with Crippen molar-refractivity contribution in [2.24, 2.45) is 0 Å². The molecule has 0 radical (unpaired) electrons. The molecule has 0 bridgehead atoms. The summed E-state index contributed by atoms with van der Waals surface area (Å²) in [4.78, 5) is 14.6. The highest BCUT2D eigenvalue weighted by Crippen LogP contribution is 2.20. The highest BCUT2D eigenvalue weighted by atomic mass is 16.1. The monoisotopic (exact) mass is 288 g/mol. The van der Waals surface area contributed by atoms with Crippen LogP contribution >= 0.6 is 0 Å². The van der Waals surface area contributed by atoms with Gasteiger partial charge in [-0.1, -0.05) is 19.4 Å². The number of rotatable bonds is 5. The van der Waals surface area contributed by atoms with Crippen LogP contribution < -0.4 is 5.32 Å². The predicted molar refractivity (Wildman–Crippen MR) is 88.7 cm³/mol. The minimum Gasteiger partial charge on any atom is -0.326 e. The average molecular weight is 288 g/mol. The molecule has 2 rings (SSSR count). The number of amides is 1. The highest BCUT2D eigenvalue weighted by Gasteiger charge is 2.20. The molecule has 1 heterocycles. The minimum atomic E-state index is 0.124. The van der Waals surface area contributed by atoms with Crippen LogP contribution in [0.4, 0.5) is 5.69 Å². The van der Waals surface area contributed by atoms with Crippen molar-refractivity contribution in [3.8, 4) is 0 Å². The molecule has 1 aromatic rings. The topological polar surface area (TPSA) is 32.3 Å². The van der Waals surface area contributed by atoms with E-state index in [1.54, 1.807) is 0 Å². The maximum Gasteiger partial charge on any atom is 0.225 e. The molecule has 1 aliphatic heterocycles. The first-order valence-corrected chi connectivity index (χ1v) is 8.21. The zero-order valence-corrected chi connectivity index (χ0v) is 13.6. The molecule has 21 heavy (non-hydrogen) atoms. The van der Waals surface area contributed by atoms with Crippen molar-refractivity contribution in [1.29, 1.82) is 0 Å². The van der Waals surface area contributed by atoms with Gasteiger partial charge >= 0.3 is 0 Å². The number of benzene rings is 1. The van der Waals surface area contributed by atoms with Gasteiger partial charge in [0.1, 0.15) is 0 Å². The lowest BCUT2D eigenvalue weighted by molar-refractivity contribution is -0.116. The van der Waals surface area contributed by atoms with Gasteiger partial charge in [0.2, 0.25) is 5.91 Å². The van der Waals surface area contributed by atoms with Crippen molar-refractivity contribution in [1.82, 2.24) is 4.90 Å². The van der Waals surface area contributed by atoms with E-state index in [0.717, 1.165) is 18.8 Å². The summed E-state index contributed by atoms with van der Waals surface area (Å²) in [6, 6.07) is 6.76. The van der Waals surface area contributed by atoms with Gasteiger partial charge in [-0.25, -0.2) is 0 Å². The quantitative estimate of drug-likeness (QED) is 0.891. The summed E-state index contributed by atoms with van der Waals surface area (Å²) in [7, 11) is 0. The summed E-state index contributed by atoms with van der Waals surface area (Å²) >= 11 is 0. The largest absolute Gasteiger partial charge is 0.326 e. The van der Waals surface area contributed by atoms with E-state index in [1.165, 1.54) is 36.8 Å². The van der Waals surface area contributed by atoms with E-state index in [2.05, 4.69) is 37.1 Å². The van der Waals surface area contributed by atoms with Gasteiger partial charge < -0.3 is 5.32 Å². The Balaban J connectivity index is 1.82. The van der Waals surface area contributed by atoms with Crippen LogP contribution in [0, 0.1) is 13.8 Å². The molecule has 0 aromatic heterocycles. The lowest BCUT2D eigenvalue weighted by atomic mass is 10.00. The van der Waals surface area contributed by atoms with Crippen molar-refractivity contribution in [3.63, 3.8) is 0 Å². The number of nitrogens with one attached hydrogen (secondary N) is 1. The molecule has 1 atom stereocenters. The van der Waals surface area contributed by atoms with Crippen molar-refractivity contribution in [2.45, 2.75) is 58.9 Å². The average Bonchev–Trinajstić information content (AvgIpc) is 2.49. The number of nitrogens with zero attached hydrogens (tertiary/aromatic N) is 1. The van der Waals surface area contributed by atoms with Gasteiger partial charge in [-0.2, -0.15) is 0 Å². The SMILES string of the molecule is CCC1CCCCN1CCC(=O)Nc1ccc(C)c(C)c1. The van der Waals surface area contributed by atoms with Gasteiger partial charge in [0.25, 0.3) is 0 Å². The molecule has 116 valence electrons. The fourth-order valence-corrected chi connectivity index (χ4v) is 3.10. The number of aryl methyl sites for hydroxylation is 2. The molecule has 1 amide bonds. The second-order valence-corrected chi connectivity index (χ2v) is 6.19. The van der Waals surface area contributed by atoms with Gasteiger partial charge in [-0.05, 0) is 62.9 Å². The molecule has 1 N–H and O–H groups in total. The van der Waals surface area contributed by atoms with E-state index < -0.39 is 0 Å². The molecule has 0 aliphatic carbocycles. The number of hydrogen-bond acceptors (Lipinski definition) is 2. The maximum atomic E-state index is 12.1. The van der Waals surface area contributed by atoms with E-state index in [0.29, 0.717) is 12.5 Å². The van der Waals surface area contributed by atoms with Crippen LogP contribution in [0.5, 0.6) is 0 Å². The second kappa shape index (κ2) is 7.60. The highest BCUT2D eigenvalue weighted by molar-refractivity contribution is 5.90.